The van der Waals surface area contributed by atoms with Crippen molar-refractivity contribution in [2.24, 2.45) is 0 Å². The van der Waals surface area contributed by atoms with Crippen LogP contribution in [0.2, 0.25) is 0 Å². The predicted octanol–water partition coefficient (Wildman–Crippen LogP) is 6.79. The highest BCUT2D eigenvalue weighted by Gasteiger charge is 2.43. The maximum Gasteiger partial charge on any atom is 0.537 e. The zero-order chi connectivity index (χ0) is 27.8. The molecule has 0 unspecified atom stereocenters. The third-order valence-electron chi connectivity index (χ3n) is 6.45. The van der Waals surface area contributed by atoms with Crippen molar-refractivity contribution < 1.29 is 17.7 Å². The van der Waals surface area contributed by atoms with Gasteiger partial charge in [0.05, 0.1) is 5.56 Å². The second-order valence-corrected chi connectivity index (χ2v) is 12.5. The molecule has 0 saturated heterocycles. The maximum absolute atomic E-state index is 12.9. The van der Waals surface area contributed by atoms with E-state index in [1.165, 1.54) is 0 Å². The van der Waals surface area contributed by atoms with Crippen LogP contribution in [0.25, 0.3) is 33.6 Å². The molecular weight excluding hydrogens is 526 g/mol. The highest BCUT2D eigenvalue weighted by molar-refractivity contribution is 7.16. The first kappa shape index (κ1) is 29.0. The molecule has 0 saturated carbocycles. The van der Waals surface area contributed by atoms with Gasteiger partial charge in [-0.05, 0) is 76.6 Å². The van der Waals surface area contributed by atoms with E-state index in [-0.39, 0.29) is 5.63 Å². The van der Waals surface area contributed by atoms with Crippen molar-refractivity contribution in [3.05, 3.63) is 81.5 Å². The minimum Gasteiger partial charge on any atom is -0.422 e. The van der Waals surface area contributed by atoms with Crippen LogP contribution in [-0.4, -0.2) is 41.7 Å². The molecule has 0 atom stereocenters. The van der Waals surface area contributed by atoms with Gasteiger partial charge in [-0.2, -0.15) is 0 Å². The molecule has 4 aromatic rings. The summed E-state index contributed by atoms with van der Waals surface area (Å²) in [6, 6.07) is 20.1. The Labute approximate surface area is 235 Å². The van der Waals surface area contributed by atoms with Crippen molar-refractivity contribution in [3.8, 4) is 10.4 Å². The van der Waals surface area contributed by atoms with Crippen LogP contribution in [0, 0.1) is 0 Å². The van der Waals surface area contributed by atoms with Crippen LogP contribution in [0.1, 0.15) is 45.1 Å². The minimum absolute atomic E-state index is 0.322. The summed E-state index contributed by atoms with van der Waals surface area (Å²) < 4.78 is 23.8. The molecule has 0 aliphatic rings. The van der Waals surface area contributed by atoms with Crippen LogP contribution >= 0.6 is 11.3 Å². The Bertz CT molecular complexity index is 1440. The molecule has 2 aromatic carbocycles. The Kier molecular flexibility index (Phi) is 9.93. The van der Waals surface area contributed by atoms with Gasteiger partial charge in [0.15, 0.2) is 0 Å². The van der Waals surface area contributed by atoms with Crippen molar-refractivity contribution in [1.82, 2.24) is 0 Å². The van der Waals surface area contributed by atoms with E-state index in [4.69, 9.17) is 17.7 Å². The standard InChI is InChI=1S/C31H37NO5SSi/c1-6-32(7-2)25-15-14-24-21-28(31(33)37-29(24)22-25)30-20-17-26(38-30)16-11-23-12-18-27(19-13-23)39(34-8-3,35-9-4)36-10-5/h11-22H,6-10H2,1-5H3/b16-11+. The van der Waals surface area contributed by atoms with Gasteiger partial charge >= 0.3 is 14.4 Å². The first-order valence-electron chi connectivity index (χ1n) is 13.6. The minimum atomic E-state index is -2.92. The summed E-state index contributed by atoms with van der Waals surface area (Å²) in [6.45, 7) is 13.5. The first-order chi connectivity index (χ1) is 19.0. The summed E-state index contributed by atoms with van der Waals surface area (Å²) in [5, 5.41) is 1.87. The van der Waals surface area contributed by atoms with Crippen molar-refractivity contribution in [1.29, 1.82) is 0 Å². The molecule has 0 bridgehead atoms. The number of hydrogen-bond donors (Lipinski definition) is 0. The number of hydrogen-bond acceptors (Lipinski definition) is 7. The summed E-state index contributed by atoms with van der Waals surface area (Å²) in [6.07, 6.45) is 4.11. The van der Waals surface area contributed by atoms with Crippen molar-refractivity contribution in [3.63, 3.8) is 0 Å². The molecule has 0 amide bonds. The van der Waals surface area contributed by atoms with Gasteiger partial charge in [0.1, 0.15) is 5.58 Å². The third-order valence-corrected chi connectivity index (χ3v) is 10.6. The topological polar surface area (TPSA) is 61.1 Å². The van der Waals surface area contributed by atoms with Gasteiger partial charge in [-0.3, -0.25) is 0 Å². The van der Waals surface area contributed by atoms with Gasteiger partial charge in [-0.1, -0.05) is 30.3 Å². The summed E-state index contributed by atoms with van der Waals surface area (Å²) in [5.41, 5.74) is 2.98. The molecule has 4 rings (SSSR count). The molecule has 0 aliphatic carbocycles. The number of fused-ring (bicyclic) bond motifs is 1. The fraction of sp³-hybridized carbons (Fsp3) is 0.323. The fourth-order valence-electron chi connectivity index (χ4n) is 4.57. The quantitative estimate of drug-likeness (QED) is 0.132. The summed E-state index contributed by atoms with van der Waals surface area (Å²) in [5.74, 6) is 0. The monoisotopic (exact) mass is 563 g/mol. The van der Waals surface area contributed by atoms with E-state index in [1.54, 1.807) is 11.3 Å². The van der Waals surface area contributed by atoms with Crippen molar-refractivity contribution in [2.45, 2.75) is 34.6 Å². The van der Waals surface area contributed by atoms with Gasteiger partial charge in [0.2, 0.25) is 0 Å². The molecule has 2 aromatic heterocycles. The third kappa shape index (κ3) is 6.59. The number of rotatable bonds is 13. The number of anilines is 1. The summed E-state index contributed by atoms with van der Waals surface area (Å²) in [7, 11) is -2.92. The Balaban J connectivity index is 1.54. The van der Waals surface area contributed by atoms with Crippen LogP contribution in [-0.2, 0) is 13.3 Å². The normalized spacial score (nSPS) is 12.0. The Morgan fingerprint density at radius 1 is 0.821 bits per heavy atom. The highest BCUT2D eigenvalue weighted by atomic mass is 32.1. The average molecular weight is 564 g/mol. The van der Waals surface area contributed by atoms with Crippen LogP contribution in [0.15, 0.2) is 69.9 Å². The fourth-order valence-corrected chi connectivity index (χ4v) is 7.95. The lowest BCUT2D eigenvalue weighted by Crippen LogP contribution is -2.56. The van der Waals surface area contributed by atoms with E-state index < -0.39 is 8.80 Å². The van der Waals surface area contributed by atoms with Crippen molar-refractivity contribution >= 4 is 54.1 Å². The lowest BCUT2D eigenvalue weighted by molar-refractivity contribution is 0.0859. The Hall–Kier alpha value is -3.01. The lowest BCUT2D eigenvalue weighted by Gasteiger charge is -2.28. The number of thiophene rings is 1. The number of benzene rings is 2. The Morgan fingerprint density at radius 2 is 1.49 bits per heavy atom. The van der Waals surface area contributed by atoms with E-state index >= 15 is 0 Å². The molecule has 2 heterocycles. The lowest BCUT2D eigenvalue weighted by atomic mass is 10.1. The van der Waals surface area contributed by atoms with Crippen LogP contribution in [0.5, 0.6) is 0 Å². The zero-order valence-corrected chi connectivity index (χ0v) is 25.2. The first-order valence-corrected chi connectivity index (χ1v) is 16.1. The van der Waals surface area contributed by atoms with Gasteiger partial charge in [-0.15, -0.1) is 11.3 Å². The zero-order valence-electron chi connectivity index (χ0n) is 23.4. The van der Waals surface area contributed by atoms with Crippen LogP contribution < -0.4 is 15.7 Å². The molecule has 6 nitrogen and oxygen atoms in total. The molecule has 0 aliphatic heterocycles. The van der Waals surface area contributed by atoms with E-state index in [2.05, 4.69) is 37.0 Å². The average Bonchev–Trinajstić information content (AvgIpc) is 3.41. The van der Waals surface area contributed by atoms with Gasteiger partial charge < -0.3 is 22.6 Å². The van der Waals surface area contributed by atoms with Crippen LogP contribution in [0.3, 0.4) is 0 Å². The second-order valence-electron chi connectivity index (χ2n) is 8.85. The summed E-state index contributed by atoms with van der Waals surface area (Å²) in [4.78, 5) is 17.0. The molecule has 39 heavy (non-hydrogen) atoms. The SMILES string of the molecule is CCO[Si](OCC)(OCC)c1ccc(/C=C/c2ccc(-c3cc4ccc(N(CC)CC)cc4oc3=O)s2)cc1. The van der Waals surface area contributed by atoms with E-state index in [0.29, 0.717) is 31.0 Å². The molecule has 0 fully saturated rings. The largest absolute Gasteiger partial charge is 0.537 e. The molecule has 8 heteroatoms. The number of nitrogens with zero attached hydrogens (tertiary/aromatic N) is 1. The second kappa shape index (κ2) is 13.4. The molecule has 0 N–H and O–H groups in total. The molecule has 0 radical (unpaired) electrons. The predicted molar refractivity (Wildman–Crippen MR) is 165 cm³/mol. The van der Waals surface area contributed by atoms with E-state index in [0.717, 1.165) is 44.7 Å². The van der Waals surface area contributed by atoms with Gasteiger partial charge in [-0.25, -0.2) is 4.79 Å². The smallest absolute Gasteiger partial charge is 0.422 e. The van der Waals surface area contributed by atoms with Crippen LogP contribution in [0.4, 0.5) is 5.69 Å². The molecule has 0 spiro atoms. The van der Waals surface area contributed by atoms with Crippen molar-refractivity contribution in [2.75, 3.05) is 37.8 Å². The van der Waals surface area contributed by atoms with E-state index in [9.17, 15) is 4.79 Å². The molecule has 206 valence electrons. The van der Waals surface area contributed by atoms with Gasteiger partial charge in [0.25, 0.3) is 0 Å². The summed E-state index contributed by atoms with van der Waals surface area (Å²) >= 11 is 1.56. The van der Waals surface area contributed by atoms with E-state index in [1.807, 2.05) is 75.4 Å². The maximum atomic E-state index is 12.9. The highest BCUT2D eigenvalue weighted by Crippen LogP contribution is 2.30. The molecular formula is C31H37NO5SSi. The Morgan fingerprint density at radius 3 is 2.10 bits per heavy atom. The van der Waals surface area contributed by atoms with Gasteiger partial charge in [0, 0.05) is 65.0 Å².